The third-order valence-corrected chi connectivity index (χ3v) is 3.73. The molecule has 0 fully saturated rings. The van der Waals surface area contributed by atoms with E-state index in [1.165, 1.54) is 17.0 Å². The first-order valence-electron chi connectivity index (χ1n) is 5.73. The van der Waals surface area contributed by atoms with Crippen molar-refractivity contribution in [1.82, 2.24) is 9.38 Å². The number of aromatic nitrogens is 2. The van der Waals surface area contributed by atoms with Crippen LogP contribution in [0.3, 0.4) is 0 Å². The van der Waals surface area contributed by atoms with Crippen molar-refractivity contribution in [2.24, 2.45) is 5.73 Å². The zero-order valence-electron chi connectivity index (χ0n) is 10.5. The fraction of sp³-hybridized carbons (Fsp3) is 0.500. The lowest BCUT2D eigenvalue weighted by atomic mass is 10.0. The van der Waals surface area contributed by atoms with Crippen LogP contribution in [0.5, 0.6) is 0 Å². The van der Waals surface area contributed by atoms with Crippen molar-refractivity contribution in [3.8, 4) is 0 Å². The molecule has 4 nitrogen and oxygen atoms in total. The molecule has 92 valence electrons. The Morgan fingerprint density at radius 3 is 2.47 bits per heavy atom. The molecule has 0 spiro atoms. The zero-order chi connectivity index (χ0) is 12.7. The van der Waals surface area contributed by atoms with Crippen LogP contribution in [0, 0.1) is 0 Å². The van der Waals surface area contributed by atoms with E-state index >= 15 is 0 Å². The van der Waals surface area contributed by atoms with E-state index in [0.717, 1.165) is 10.7 Å². The Morgan fingerprint density at radius 2 is 2.00 bits per heavy atom. The highest BCUT2D eigenvalue weighted by molar-refractivity contribution is 7.18. The first-order valence-corrected chi connectivity index (χ1v) is 6.55. The summed E-state index contributed by atoms with van der Waals surface area (Å²) < 4.78 is 2.00. The second-order valence-electron chi connectivity index (χ2n) is 4.80. The normalized spacial score (nSPS) is 11.9. The molecule has 0 aromatic carbocycles. The number of nitrogens with two attached hydrogens (primary N) is 1. The van der Waals surface area contributed by atoms with Gasteiger partial charge in [0.25, 0.3) is 5.91 Å². The van der Waals surface area contributed by atoms with Gasteiger partial charge < -0.3 is 5.73 Å². The summed E-state index contributed by atoms with van der Waals surface area (Å²) in [7, 11) is 0. The average Bonchev–Trinajstić information content (AvgIpc) is 2.71. The summed E-state index contributed by atoms with van der Waals surface area (Å²) in [4.78, 5) is 17.2. The number of carbonyl (C=O) groups excluding carboxylic acids is 1. The van der Waals surface area contributed by atoms with Gasteiger partial charge in [-0.05, 0) is 11.8 Å². The number of amides is 1. The highest BCUT2D eigenvalue weighted by Gasteiger charge is 2.20. The Kier molecular flexibility index (Phi) is 2.95. The molecule has 0 aliphatic heterocycles. The number of hydrogen-bond acceptors (Lipinski definition) is 3. The smallest absolute Gasteiger partial charge is 0.260 e. The second-order valence-corrected chi connectivity index (χ2v) is 5.81. The lowest BCUT2D eigenvalue weighted by Crippen LogP contribution is -2.09. The van der Waals surface area contributed by atoms with E-state index in [2.05, 4.69) is 32.7 Å². The van der Waals surface area contributed by atoms with E-state index in [1.54, 1.807) is 6.20 Å². The molecule has 2 aromatic rings. The van der Waals surface area contributed by atoms with Gasteiger partial charge in [0.15, 0.2) is 4.96 Å². The van der Waals surface area contributed by atoms with Crippen molar-refractivity contribution >= 4 is 22.2 Å². The van der Waals surface area contributed by atoms with E-state index in [1.807, 2.05) is 4.40 Å². The van der Waals surface area contributed by atoms with Crippen molar-refractivity contribution in [2.45, 2.75) is 39.5 Å². The van der Waals surface area contributed by atoms with Crippen molar-refractivity contribution in [3.63, 3.8) is 0 Å². The number of nitrogens with zero attached hydrogens (tertiary/aromatic N) is 2. The summed E-state index contributed by atoms with van der Waals surface area (Å²) in [5, 5.41) is 0. The fourth-order valence-corrected chi connectivity index (χ4v) is 2.84. The minimum absolute atomic E-state index is 0.373. The predicted molar refractivity (Wildman–Crippen MR) is 69.8 cm³/mol. The second kappa shape index (κ2) is 4.14. The summed E-state index contributed by atoms with van der Waals surface area (Å²) in [6, 6.07) is 0. The minimum Gasteiger partial charge on any atom is -0.365 e. The maximum absolute atomic E-state index is 11.2. The molecule has 0 radical (unpaired) electrons. The van der Waals surface area contributed by atoms with E-state index in [9.17, 15) is 4.79 Å². The summed E-state index contributed by atoms with van der Waals surface area (Å²) in [6.45, 7) is 8.54. The maximum Gasteiger partial charge on any atom is 0.260 e. The molecule has 5 heteroatoms. The van der Waals surface area contributed by atoms with Crippen LogP contribution in [-0.2, 0) is 0 Å². The standard InChI is InChI=1S/C12H17N3OS/c1-6(2)9-10(7(3)4)15-5-8(11(13)16)17-12(15)14-9/h5-7H,1-4H3,(H2,13,16). The molecule has 0 atom stereocenters. The topological polar surface area (TPSA) is 60.4 Å². The van der Waals surface area contributed by atoms with Gasteiger partial charge in [0.1, 0.15) is 4.88 Å². The highest BCUT2D eigenvalue weighted by Crippen LogP contribution is 2.30. The van der Waals surface area contributed by atoms with E-state index in [-0.39, 0.29) is 5.91 Å². The monoisotopic (exact) mass is 251 g/mol. The molecule has 17 heavy (non-hydrogen) atoms. The Bertz CT molecular complexity index is 566. The average molecular weight is 251 g/mol. The number of rotatable bonds is 3. The largest absolute Gasteiger partial charge is 0.365 e. The van der Waals surface area contributed by atoms with Gasteiger partial charge in [0.2, 0.25) is 0 Å². The molecule has 0 unspecified atom stereocenters. The molecule has 0 saturated carbocycles. The first kappa shape index (κ1) is 12.1. The third kappa shape index (κ3) is 1.95. The summed E-state index contributed by atoms with van der Waals surface area (Å²) in [6.07, 6.45) is 1.80. The van der Waals surface area contributed by atoms with Gasteiger partial charge in [0, 0.05) is 11.9 Å². The van der Waals surface area contributed by atoms with Gasteiger partial charge in [-0.2, -0.15) is 0 Å². The zero-order valence-corrected chi connectivity index (χ0v) is 11.3. The van der Waals surface area contributed by atoms with Gasteiger partial charge in [0.05, 0.1) is 5.69 Å². The molecule has 1 amide bonds. The lowest BCUT2D eigenvalue weighted by Gasteiger charge is -2.09. The Balaban J connectivity index is 2.68. The SMILES string of the molecule is CC(C)c1nc2sc(C(N)=O)cn2c1C(C)C. The van der Waals surface area contributed by atoms with Crippen LogP contribution >= 0.6 is 11.3 Å². The van der Waals surface area contributed by atoms with Crippen LogP contribution < -0.4 is 5.73 Å². The summed E-state index contributed by atoms with van der Waals surface area (Å²) in [5.41, 5.74) is 7.58. The van der Waals surface area contributed by atoms with E-state index < -0.39 is 0 Å². The predicted octanol–water partition coefficient (Wildman–Crippen LogP) is 2.74. The number of hydrogen-bond donors (Lipinski definition) is 1. The van der Waals surface area contributed by atoms with Crippen LogP contribution in [0.2, 0.25) is 0 Å². The maximum atomic E-state index is 11.2. The van der Waals surface area contributed by atoms with Crippen LogP contribution in [0.25, 0.3) is 4.96 Å². The van der Waals surface area contributed by atoms with Crippen molar-refractivity contribution in [2.75, 3.05) is 0 Å². The van der Waals surface area contributed by atoms with E-state index in [0.29, 0.717) is 16.7 Å². The highest BCUT2D eigenvalue weighted by atomic mass is 32.1. The van der Waals surface area contributed by atoms with Crippen LogP contribution in [0.4, 0.5) is 0 Å². The molecule has 0 bridgehead atoms. The Hall–Kier alpha value is -1.36. The van der Waals surface area contributed by atoms with E-state index in [4.69, 9.17) is 5.73 Å². The molecule has 0 aliphatic rings. The van der Waals surface area contributed by atoms with Gasteiger partial charge in [-0.3, -0.25) is 9.20 Å². The molecule has 0 saturated heterocycles. The first-order chi connectivity index (χ1) is 7.91. The minimum atomic E-state index is -0.388. The quantitative estimate of drug-likeness (QED) is 0.911. The number of carbonyl (C=O) groups is 1. The van der Waals surface area contributed by atoms with Crippen LogP contribution in [0.15, 0.2) is 6.20 Å². The Labute approximate surface area is 104 Å². The van der Waals surface area contributed by atoms with Crippen molar-refractivity contribution < 1.29 is 4.79 Å². The number of thiazole rings is 1. The lowest BCUT2D eigenvalue weighted by molar-refractivity contribution is 0.100. The molecule has 2 rings (SSSR count). The summed E-state index contributed by atoms with van der Waals surface area (Å²) >= 11 is 1.35. The number of fused-ring (bicyclic) bond motifs is 1. The summed E-state index contributed by atoms with van der Waals surface area (Å²) in [5.74, 6) is 0.371. The molecule has 0 aliphatic carbocycles. The third-order valence-electron chi connectivity index (χ3n) is 2.73. The van der Waals surface area contributed by atoms with Gasteiger partial charge in [-0.1, -0.05) is 39.0 Å². The van der Waals surface area contributed by atoms with Crippen LogP contribution in [-0.4, -0.2) is 15.3 Å². The van der Waals surface area contributed by atoms with Gasteiger partial charge in [-0.25, -0.2) is 4.98 Å². The van der Waals surface area contributed by atoms with Gasteiger partial charge in [-0.15, -0.1) is 0 Å². The molecule has 2 N–H and O–H groups in total. The molecular weight excluding hydrogens is 234 g/mol. The Morgan fingerprint density at radius 1 is 1.35 bits per heavy atom. The molecule has 2 aromatic heterocycles. The number of primary amides is 1. The molecular formula is C12H17N3OS. The molecule has 2 heterocycles. The number of imidazole rings is 1. The van der Waals surface area contributed by atoms with Crippen LogP contribution in [0.1, 0.15) is 60.6 Å². The van der Waals surface area contributed by atoms with Crippen molar-refractivity contribution in [3.05, 3.63) is 22.5 Å². The fourth-order valence-electron chi connectivity index (χ4n) is 1.99. The van der Waals surface area contributed by atoms with Crippen molar-refractivity contribution in [1.29, 1.82) is 0 Å². The van der Waals surface area contributed by atoms with Gasteiger partial charge >= 0.3 is 0 Å².